The first-order valence-electron chi connectivity index (χ1n) is 5.35. The molecule has 1 atom stereocenters. The van der Waals surface area contributed by atoms with Crippen LogP contribution in [0, 0.1) is 13.7 Å². The minimum absolute atomic E-state index is 0. The number of amides is 1. The zero-order chi connectivity index (χ0) is 13.7. The van der Waals surface area contributed by atoms with Crippen LogP contribution in [0.4, 0.5) is 5.69 Å². The summed E-state index contributed by atoms with van der Waals surface area (Å²) in [7, 11) is 1.81. The second-order valence-electron chi connectivity index (χ2n) is 3.82. The number of rotatable bonds is 5. The summed E-state index contributed by atoms with van der Waals surface area (Å²) in [4.78, 5) is 22.0. The minimum atomic E-state index is -0.479. The van der Waals surface area contributed by atoms with Crippen molar-refractivity contribution < 1.29 is 9.72 Å². The lowest BCUT2D eigenvalue weighted by Gasteiger charge is -2.12. The standard InChI is InChI=1S/C11H14IN3O3.ClH/c1-7(13-2)6-14-11(16)9-4-3-8(15(17)18)5-10(9)12;/h3-5,7,13H,6H2,1-2H3,(H,14,16);1H. The molecule has 0 spiro atoms. The predicted octanol–water partition coefficient (Wildman–Crippen LogP) is 1.96. The summed E-state index contributed by atoms with van der Waals surface area (Å²) in [6.07, 6.45) is 0. The molecule has 1 amide bonds. The fourth-order valence-electron chi connectivity index (χ4n) is 1.24. The van der Waals surface area contributed by atoms with Gasteiger partial charge >= 0.3 is 0 Å². The van der Waals surface area contributed by atoms with E-state index in [0.29, 0.717) is 15.7 Å². The van der Waals surface area contributed by atoms with Crippen LogP contribution in [0.3, 0.4) is 0 Å². The fourth-order valence-corrected chi connectivity index (χ4v) is 1.99. The van der Waals surface area contributed by atoms with Crippen molar-refractivity contribution in [2.45, 2.75) is 13.0 Å². The van der Waals surface area contributed by atoms with Gasteiger partial charge in [-0.25, -0.2) is 0 Å². The van der Waals surface area contributed by atoms with Gasteiger partial charge in [-0.2, -0.15) is 0 Å². The molecule has 0 saturated carbocycles. The lowest BCUT2D eigenvalue weighted by Crippen LogP contribution is -2.37. The molecule has 0 heterocycles. The summed E-state index contributed by atoms with van der Waals surface area (Å²) < 4.78 is 0.566. The molecular formula is C11H15ClIN3O3. The molecule has 0 saturated heterocycles. The molecule has 0 aliphatic carbocycles. The molecule has 0 aliphatic rings. The normalized spacial score (nSPS) is 11.3. The number of likely N-dealkylation sites (N-methyl/N-ethyl adjacent to an activating group) is 1. The molecule has 1 unspecified atom stereocenters. The fraction of sp³-hybridized carbons (Fsp3) is 0.364. The number of nitrogens with one attached hydrogen (secondary N) is 2. The van der Waals surface area contributed by atoms with Gasteiger partial charge in [0.05, 0.1) is 10.5 Å². The highest BCUT2D eigenvalue weighted by Crippen LogP contribution is 2.19. The molecule has 1 rings (SSSR count). The smallest absolute Gasteiger partial charge is 0.270 e. The van der Waals surface area contributed by atoms with Crippen LogP contribution in [0.25, 0.3) is 0 Å². The average Bonchev–Trinajstić information content (AvgIpc) is 2.35. The molecule has 1 aromatic carbocycles. The Balaban J connectivity index is 0.00000324. The highest BCUT2D eigenvalue weighted by atomic mass is 127. The number of nitrogens with zero attached hydrogens (tertiary/aromatic N) is 1. The Labute approximate surface area is 131 Å². The molecular weight excluding hydrogens is 384 g/mol. The van der Waals surface area contributed by atoms with Gasteiger partial charge in [-0.1, -0.05) is 0 Å². The topological polar surface area (TPSA) is 84.3 Å². The Hall–Kier alpha value is -0.930. The maximum Gasteiger partial charge on any atom is 0.270 e. The maximum atomic E-state index is 11.9. The Bertz CT molecular complexity index is 470. The van der Waals surface area contributed by atoms with Gasteiger partial charge in [0.2, 0.25) is 0 Å². The number of nitro benzene ring substituents is 1. The molecule has 6 nitrogen and oxygen atoms in total. The van der Waals surface area contributed by atoms with Gasteiger partial charge in [0.1, 0.15) is 0 Å². The monoisotopic (exact) mass is 399 g/mol. The Morgan fingerprint density at radius 1 is 1.53 bits per heavy atom. The Morgan fingerprint density at radius 2 is 2.16 bits per heavy atom. The van der Waals surface area contributed by atoms with Gasteiger partial charge in [0.15, 0.2) is 0 Å². The summed E-state index contributed by atoms with van der Waals surface area (Å²) in [6, 6.07) is 4.36. The molecule has 0 aromatic heterocycles. The number of carbonyl (C=O) groups is 1. The Kier molecular flexibility index (Phi) is 7.88. The first kappa shape index (κ1) is 18.1. The molecule has 0 radical (unpaired) electrons. The van der Waals surface area contributed by atoms with Crippen molar-refractivity contribution >= 4 is 46.6 Å². The van der Waals surface area contributed by atoms with Crippen LogP contribution < -0.4 is 10.6 Å². The number of nitro groups is 1. The summed E-state index contributed by atoms with van der Waals surface area (Å²) >= 11 is 1.92. The number of hydrogen-bond acceptors (Lipinski definition) is 4. The number of non-ortho nitro benzene ring substituents is 1. The van der Waals surface area contributed by atoms with Gasteiger partial charge in [0, 0.05) is 28.3 Å². The van der Waals surface area contributed by atoms with Crippen LogP contribution in [-0.2, 0) is 0 Å². The highest BCUT2D eigenvalue weighted by Gasteiger charge is 2.14. The SMILES string of the molecule is CNC(C)CNC(=O)c1ccc([N+](=O)[O-])cc1I.Cl. The van der Waals surface area contributed by atoms with E-state index in [1.807, 2.05) is 36.6 Å². The average molecular weight is 400 g/mol. The zero-order valence-electron chi connectivity index (χ0n) is 10.5. The number of halogens is 2. The molecule has 19 heavy (non-hydrogen) atoms. The lowest BCUT2D eigenvalue weighted by molar-refractivity contribution is -0.384. The van der Waals surface area contributed by atoms with E-state index >= 15 is 0 Å². The van der Waals surface area contributed by atoms with Gasteiger partial charge in [-0.15, -0.1) is 12.4 Å². The maximum absolute atomic E-state index is 11.9. The van der Waals surface area contributed by atoms with Crippen molar-refractivity contribution in [3.8, 4) is 0 Å². The Morgan fingerprint density at radius 3 is 2.63 bits per heavy atom. The van der Waals surface area contributed by atoms with E-state index in [9.17, 15) is 14.9 Å². The number of carbonyl (C=O) groups excluding carboxylic acids is 1. The van der Waals surface area contributed by atoms with Crippen molar-refractivity contribution in [1.82, 2.24) is 10.6 Å². The van der Waals surface area contributed by atoms with E-state index in [4.69, 9.17) is 0 Å². The van der Waals surface area contributed by atoms with Crippen LogP contribution in [0.15, 0.2) is 18.2 Å². The molecule has 1 aromatic rings. The van der Waals surface area contributed by atoms with E-state index in [2.05, 4.69) is 10.6 Å². The van der Waals surface area contributed by atoms with Crippen LogP contribution in [0.1, 0.15) is 17.3 Å². The molecule has 8 heteroatoms. The van der Waals surface area contributed by atoms with Gasteiger partial charge < -0.3 is 10.6 Å². The van der Waals surface area contributed by atoms with Crippen molar-refractivity contribution in [1.29, 1.82) is 0 Å². The number of hydrogen-bond donors (Lipinski definition) is 2. The lowest BCUT2D eigenvalue weighted by atomic mass is 10.2. The first-order chi connectivity index (χ1) is 8.45. The van der Waals surface area contributed by atoms with Crippen molar-refractivity contribution in [2.24, 2.45) is 0 Å². The van der Waals surface area contributed by atoms with Crippen LogP contribution in [0.2, 0.25) is 0 Å². The van der Waals surface area contributed by atoms with E-state index in [0.717, 1.165) is 0 Å². The first-order valence-corrected chi connectivity index (χ1v) is 6.43. The van der Waals surface area contributed by atoms with Crippen molar-refractivity contribution in [2.75, 3.05) is 13.6 Å². The summed E-state index contributed by atoms with van der Waals surface area (Å²) in [5.41, 5.74) is 0.434. The third kappa shape index (κ3) is 5.29. The van der Waals surface area contributed by atoms with E-state index in [-0.39, 0.29) is 30.0 Å². The third-order valence-corrected chi connectivity index (χ3v) is 3.36. The van der Waals surface area contributed by atoms with Gasteiger partial charge in [-0.05, 0) is 42.6 Å². The van der Waals surface area contributed by atoms with E-state index in [1.165, 1.54) is 18.2 Å². The second kappa shape index (κ2) is 8.28. The number of benzene rings is 1. The molecule has 0 aliphatic heterocycles. The van der Waals surface area contributed by atoms with Gasteiger partial charge in [0.25, 0.3) is 11.6 Å². The molecule has 0 bridgehead atoms. The second-order valence-corrected chi connectivity index (χ2v) is 4.98. The molecule has 106 valence electrons. The molecule has 2 N–H and O–H groups in total. The van der Waals surface area contributed by atoms with Crippen molar-refractivity contribution in [3.63, 3.8) is 0 Å². The molecule has 0 fully saturated rings. The van der Waals surface area contributed by atoms with Crippen LogP contribution in [-0.4, -0.2) is 30.5 Å². The summed E-state index contributed by atoms with van der Waals surface area (Å²) in [6.45, 7) is 2.45. The van der Waals surface area contributed by atoms with Gasteiger partial charge in [-0.3, -0.25) is 14.9 Å². The zero-order valence-corrected chi connectivity index (χ0v) is 13.4. The quantitative estimate of drug-likeness (QED) is 0.450. The minimum Gasteiger partial charge on any atom is -0.350 e. The van der Waals surface area contributed by atoms with Crippen molar-refractivity contribution in [3.05, 3.63) is 37.4 Å². The van der Waals surface area contributed by atoms with Crippen LogP contribution in [0.5, 0.6) is 0 Å². The predicted molar refractivity (Wildman–Crippen MR) is 83.9 cm³/mol. The summed E-state index contributed by atoms with van der Waals surface area (Å²) in [5, 5.41) is 16.3. The van der Waals surface area contributed by atoms with Crippen LogP contribution >= 0.6 is 35.0 Å². The largest absolute Gasteiger partial charge is 0.350 e. The summed E-state index contributed by atoms with van der Waals surface area (Å²) in [5.74, 6) is -0.226. The van der Waals surface area contributed by atoms with E-state index < -0.39 is 4.92 Å². The highest BCUT2D eigenvalue weighted by molar-refractivity contribution is 14.1. The third-order valence-electron chi connectivity index (χ3n) is 2.47. The van der Waals surface area contributed by atoms with E-state index in [1.54, 1.807) is 0 Å².